The van der Waals surface area contributed by atoms with Crippen LogP contribution in [-0.2, 0) is 0 Å². The first-order chi connectivity index (χ1) is 9.05. The van der Waals surface area contributed by atoms with Gasteiger partial charge in [0.15, 0.2) is 0 Å². The van der Waals surface area contributed by atoms with Crippen molar-refractivity contribution in [3.05, 3.63) is 30.4 Å². The molecular formula is C15H22N2O2. The Balaban J connectivity index is 2.79. The molecule has 0 heterocycles. The van der Waals surface area contributed by atoms with Crippen molar-refractivity contribution in [2.24, 2.45) is 4.99 Å². The van der Waals surface area contributed by atoms with Crippen molar-refractivity contribution < 1.29 is 9.47 Å². The van der Waals surface area contributed by atoms with Gasteiger partial charge >= 0.3 is 0 Å². The minimum atomic E-state index is 0.614. The number of rotatable bonds is 6. The van der Waals surface area contributed by atoms with Crippen molar-refractivity contribution in [1.29, 1.82) is 0 Å². The molecule has 104 valence electrons. The van der Waals surface area contributed by atoms with Gasteiger partial charge in [0.25, 0.3) is 0 Å². The molecule has 1 aromatic carbocycles. The maximum absolute atomic E-state index is 5.69. The smallest absolute Gasteiger partial charge is 0.125 e. The predicted octanol–water partition coefficient (Wildman–Crippen LogP) is 3.50. The van der Waals surface area contributed by atoms with Gasteiger partial charge < -0.3 is 14.8 Å². The molecule has 19 heavy (non-hydrogen) atoms. The van der Waals surface area contributed by atoms with Gasteiger partial charge in [-0.3, -0.25) is 4.99 Å². The van der Waals surface area contributed by atoms with Crippen LogP contribution in [0.25, 0.3) is 0 Å². The molecule has 0 saturated carbocycles. The molecule has 0 bridgehead atoms. The summed E-state index contributed by atoms with van der Waals surface area (Å²) in [6, 6.07) is 5.69. The number of ether oxygens (including phenoxy) is 2. The van der Waals surface area contributed by atoms with Crippen molar-refractivity contribution in [1.82, 2.24) is 0 Å². The van der Waals surface area contributed by atoms with E-state index < -0.39 is 0 Å². The van der Waals surface area contributed by atoms with Crippen LogP contribution < -0.4 is 14.8 Å². The van der Waals surface area contributed by atoms with Gasteiger partial charge in [-0.25, -0.2) is 0 Å². The summed E-state index contributed by atoms with van der Waals surface area (Å²) in [5, 5.41) is 3.18. The fourth-order valence-corrected chi connectivity index (χ4v) is 1.45. The normalized spacial score (nSPS) is 11.1. The van der Waals surface area contributed by atoms with Gasteiger partial charge in [-0.05, 0) is 13.8 Å². The van der Waals surface area contributed by atoms with Gasteiger partial charge in [-0.2, -0.15) is 0 Å². The molecule has 0 fully saturated rings. The largest absolute Gasteiger partial charge is 0.497 e. The standard InChI is InChI=1S/C15H22N2O2/c1-11(2)6-7-19-15-9-13(17-12(3)16-4)8-14(10-15)18-5/h8-10H,1,6-7H2,2-5H3,(H,16,17). The number of hydrogen-bond acceptors (Lipinski definition) is 3. The highest BCUT2D eigenvalue weighted by Crippen LogP contribution is 2.26. The van der Waals surface area contributed by atoms with Crippen molar-refractivity contribution >= 4 is 11.5 Å². The molecular weight excluding hydrogens is 240 g/mol. The monoisotopic (exact) mass is 262 g/mol. The fraction of sp³-hybridized carbons (Fsp3) is 0.400. The molecule has 0 spiro atoms. The number of aliphatic imine (C=N–C) groups is 1. The third-order valence-corrected chi connectivity index (χ3v) is 2.57. The van der Waals surface area contributed by atoms with Gasteiger partial charge in [0.1, 0.15) is 11.5 Å². The second-order valence-electron chi connectivity index (χ2n) is 4.39. The number of hydrogen-bond donors (Lipinski definition) is 1. The van der Waals surface area contributed by atoms with E-state index in [-0.39, 0.29) is 0 Å². The second-order valence-corrected chi connectivity index (χ2v) is 4.39. The molecule has 0 unspecified atom stereocenters. The average molecular weight is 262 g/mol. The van der Waals surface area contributed by atoms with Crippen LogP contribution >= 0.6 is 0 Å². The third-order valence-electron chi connectivity index (χ3n) is 2.57. The van der Waals surface area contributed by atoms with Crippen molar-refractivity contribution in [2.75, 3.05) is 26.1 Å². The SMILES string of the molecule is C=C(C)CCOc1cc(NC(C)=NC)cc(OC)c1. The number of nitrogens with one attached hydrogen (secondary N) is 1. The van der Waals surface area contributed by atoms with E-state index in [1.54, 1.807) is 14.2 Å². The molecule has 0 aromatic heterocycles. The molecule has 0 saturated heterocycles. The summed E-state index contributed by atoms with van der Waals surface area (Å²) >= 11 is 0. The third kappa shape index (κ3) is 5.46. The van der Waals surface area contributed by atoms with Gasteiger partial charge in [0.2, 0.25) is 0 Å². The van der Waals surface area contributed by atoms with E-state index in [4.69, 9.17) is 9.47 Å². The van der Waals surface area contributed by atoms with E-state index in [0.717, 1.165) is 35.0 Å². The fourth-order valence-electron chi connectivity index (χ4n) is 1.45. The Bertz CT molecular complexity index is 467. The Morgan fingerprint density at radius 1 is 1.26 bits per heavy atom. The highest BCUT2D eigenvalue weighted by molar-refractivity contribution is 5.93. The molecule has 0 amide bonds. The summed E-state index contributed by atoms with van der Waals surface area (Å²) < 4.78 is 11.0. The van der Waals surface area contributed by atoms with Crippen LogP contribution in [0, 0.1) is 0 Å². The summed E-state index contributed by atoms with van der Waals surface area (Å²) in [5.41, 5.74) is 2.00. The van der Waals surface area contributed by atoms with Crippen molar-refractivity contribution in [3.63, 3.8) is 0 Å². The topological polar surface area (TPSA) is 42.8 Å². The summed E-state index contributed by atoms with van der Waals surface area (Å²) in [6.07, 6.45) is 0.843. The zero-order valence-electron chi connectivity index (χ0n) is 12.1. The predicted molar refractivity (Wildman–Crippen MR) is 80.6 cm³/mol. The number of anilines is 1. The van der Waals surface area contributed by atoms with Gasteiger partial charge in [-0.15, -0.1) is 6.58 Å². The van der Waals surface area contributed by atoms with Gasteiger partial charge in [-0.1, -0.05) is 5.57 Å². The van der Waals surface area contributed by atoms with Crippen molar-refractivity contribution in [3.8, 4) is 11.5 Å². The lowest BCUT2D eigenvalue weighted by Crippen LogP contribution is -2.07. The number of benzene rings is 1. The van der Waals surface area contributed by atoms with Crippen LogP contribution in [-0.4, -0.2) is 26.6 Å². The highest BCUT2D eigenvalue weighted by Gasteiger charge is 2.03. The maximum Gasteiger partial charge on any atom is 0.125 e. The number of nitrogens with zero attached hydrogens (tertiary/aromatic N) is 1. The lowest BCUT2D eigenvalue weighted by Gasteiger charge is -2.12. The molecule has 0 radical (unpaired) electrons. The van der Waals surface area contributed by atoms with Crippen LogP contribution in [0.5, 0.6) is 11.5 Å². The lowest BCUT2D eigenvalue weighted by molar-refractivity contribution is 0.319. The Morgan fingerprint density at radius 2 is 1.95 bits per heavy atom. The minimum Gasteiger partial charge on any atom is -0.497 e. The summed E-state index contributed by atoms with van der Waals surface area (Å²) in [7, 11) is 3.38. The van der Waals surface area contributed by atoms with Gasteiger partial charge in [0.05, 0.1) is 19.6 Å². The molecule has 0 aliphatic heterocycles. The zero-order chi connectivity index (χ0) is 14.3. The molecule has 1 N–H and O–H groups in total. The average Bonchev–Trinajstić information content (AvgIpc) is 2.37. The van der Waals surface area contributed by atoms with E-state index in [9.17, 15) is 0 Å². The Morgan fingerprint density at radius 3 is 2.53 bits per heavy atom. The summed E-state index contributed by atoms with van der Waals surface area (Å²) in [6.45, 7) is 8.36. The Hall–Kier alpha value is -1.97. The van der Waals surface area contributed by atoms with E-state index in [2.05, 4.69) is 16.9 Å². The molecule has 0 aliphatic carbocycles. The Labute approximate surface area is 115 Å². The van der Waals surface area contributed by atoms with E-state index in [1.165, 1.54) is 0 Å². The minimum absolute atomic E-state index is 0.614. The van der Waals surface area contributed by atoms with E-state index in [0.29, 0.717) is 6.61 Å². The second kappa shape index (κ2) is 7.46. The maximum atomic E-state index is 5.69. The van der Waals surface area contributed by atoms with Crippen LogP contribution in [0.1, 0.15) is 20.3 Å². The summed E-state index contributed by atoms with van der Waals surface area (Å²) in [5.74, 6) is 2.35. The first-order valence-electron chi connectivity index (χ1n) is 6.22. The molecule has 0 atom stereocenters. The first-order valence-corrected chi connectivity index (χ1v) is 6.22. The summed E-state index contributed by atoms with van der Waals surface area (Å²) in [4.78, 5) is 4.07. The Kier molecular flexibility index (Phi) is 5.93. The first kappa shape index (κ1) is 15.1. The zero-order valence-corrected chi connectivity index (χ0v) is 12.1. The quantitative estimate of drug-likeness (QED) is 0.485. The van der Waals surface area contributed by atoms with E-state index >= 15 is 0 Å². The van der Waals surface area contributed by atoms with Crippen LogP contribution in [0.4, 0.5) is 5.69 Å². The number of amidine groups is 1. The molecule has 1 rings (SSSR count). The van der Waals surface area contributed by atoms with Crippen LogP contribution in [0.3, 0.4) is 0 Å². The van der Waals surface area contributed by atoms with Crippen LogP contribution in [0.15, 0.2) is 35.3 Å². The van der Waals surface area contributed by atoms with Gasteiger partial charge in [0, 0.05) is 37.4 Å². The van der Waals surface area contributed by atoms with Crippen molar-refractivity contribution in [2.45, 2.75) is 20.3 Å². The van der Waals surface area contributed by atoms with E-state index in [1.807, 2.05) is 32.0 Å². The van der Waals surface area contributed by atoms with Crippen LogP contribution in [0.2, 0.25) is 0 Å². The number of methoxy groups -OCH3 is 1. The lowest BCUT2D eigenvalue weighted by atomic mass is 10.2. The molecule has 0 aliphatic rings. The highest BCUT2D eigenvalue weighted by atomic mass is 16.5. The molecule has 4 heteroatoms. The molecule has 1 aromatic rings. The molecule has 4 nitrogen and oxygen atoms in total.